The molecular formula is C9H21NOS. The first kappa shape index (κ1) is 12.3. The second kappa shape index (κ2) is 7.90. The molecule has 0 amide bonds. The predicted octanol–water partition coefficient (Wildman–Crippen LogP) is 1.48. The summed E-state index contributed by atoms with van der Waals surface area (Å²) in [7, 11) is 0. The highest BCUT2D eigenvalue weighted by atomic mass is 32.2. The quantitative estimate of drug-likeness (QED) is 0.599. The zero-order valence-corrected chi connectivity index (χ0v) is 8.94. The first-order valence-corrected chi connectivity index (χ1v) is 5.87. The van der Waals surface area contributed by atoms with Gasteiger partial charge in [0.05, 0.1) is 6.10 Å². The summed E-state index contributed by atoms with van der Waals surface area (Å²) in [5, 5.41) is 9.64. The van der Waals surface area contributed by atoms with Crippen molar-refractivity contribution in [2.24, 2.45) is 11.7 Å². The third-order valence-electron chi connectivity index (χ3n) is 2.13. The second-order valence-corrected chi connectivity index (χ2v) is 4.35. The van der Waals surface area contributed by atoms with Gasteiger partial charge in [-0.1, -0.05) is 13.8 Å². The molecule has 2 nitrogen and oxygen atoms in total. The second-order valence-electron chi connectivity index (χ2n) is 2.96. The molecule has 3 heteroatoms. The summed E-state index contributed by atoms with van der Waals surface area (Å²) in [5.74, 6) is 2.47. The summed E-state index contributed by atoms with van der Waals surface area (Å²) >= 11 is 1.87. The van der Waals surface area contributed by atoms with Crippen molar-refractivity contribution in [3.63, 3.8) is 0 Å². The van der Waals surface area contributed by atoms with Crippen molar-refractivity contribution in [3.8, 4) is 0 Å². The lowest BCUT2D eigenvalue weighted by atomic mass is 9.98. The van der Waals surface area contributed by atoms with E-state index in [-0.39, 0.29) is 6.10 Å². The molecule has 2 unspecified atom stereocenters. The standard InChI is InChI=1S/C9H21NOS/c1-3-8(7-10)9(11)5-6-12-4-2/h8-9,11H,3-7,10H2,1-2H3. The maximum atomic E-state index is 9.64. The Kier molecular flexibility index (Phi) is 8.07. The molecule has 0 saturated heterocycles. The molecule has 0 saturated carbocycles. The number of rotatable bonds is 7. The topological polar surface area (TPSA) is 46.2 Å². The van der Waals surface area contributed by atoms with E-state index in [4.69, 9.17) is 5.73 Å². The minimum absolute atomic E-state index is 0.195. The average molecular weight is 191 g/mol. The number of aliphatic hydroxyl groups excluding tert-OH is 1. The largest absolute Gasteiger partial charge is 0.393 e. The number of hydrogen-bond acceptors (Lipinski definition) is 3. The van der Waals surface area contributed by atoms with E-state index in [0.29, 0.717) is 12.5 Å². The number of hydrogen-bond donors (Lipinski definition) is 2. The molecule has 12 heavy (non-hydrogen) atoms. The van der Waals surface area contributed by atoms with Crippen LogP contribution in [0.4, 0.5) is 0 Å². The van der Waals surface area contributed by atoms with Crippen molar-refractivity contribution in [3.05, 3.63) is 0 Å². The zero-order valence-electron chi connectivity index (χ0n) is 8.12. The van der Waals surface area contributed by atoms with Gasteiger partial charge < -0.3 is 10.8 Å². The molecule has 0 spiro atoms. The minimum atomic E-state index is -0.195. The van der Waals surface area contributed by atoms with Crippen LogP contribution in [0.1, 0.15) is 26.7 Å². The highest BCUT2D eigenvalue weighted by Gasteiger charge is 2.14. The number of aliphatic hydroxyl groups is 1. The maximum Gasteiger partial charge on any atom is 0.0588 e. The predicted molar refractivity (Wildman–Crippen MR) is 56.5 cm³/mol. The molecule has 74 valence electrons. The molecule has 0 heterocycles. The summed E-state index contributed by atoms with van der Waals surface area (Å²) in [4.78, 5) is 0. The Hall–Kier alpha value is 0.270. The first-order valence-electron chi connectivity index (χ1n) is 4.72. The molecule has 2 atom stereocenters. The Morgan fingerprint density at radius 1 is 1.42 bits per heavy atom. The van der Waals surface area contributed by atoms with E-state index in [9.17, 15) is 5.11 Å². The fourth-order valence-electron chi connectivity index (χ4n) is 1.18. The molecule has 3 N–H and O–H groups in total. The van der Waals surface area contributed by atoms with Gasteiger partial charge in [0.25, 0.3) is 0 Å². The van der Waals surface area contributed by atoms with Crippen molar-refractivity contribution >= 4 is 11.8 Å². The fraction of sp³-hybridized carbons (Fsp3) is 1.00. The van der Waals surface area contributed by atoms with Crippen molar-refractivity contribution in [2.75, 3.05) is 18.1 Å². The summed E-state index contributed by atoms with van der Waals surface area (Å²) < 4.78 is 0. The lowest BCUT2D eigenvalue weighted by Gasteiger charge is -2.19. The van der Waals surface area contributed by atoms with E-state index in [1.807, 2.05) is 11.8 Å². The van der Waals surface area contributed by atoms with Gasteiger partial charge in [0.1, 0.15) is 0 Å². The average Bonchev–Trinajstić information content (AvgIpc) is 2.07. The van der Waals surface area contributed by atoms with Gasteiger partial charge in [-0.05, 0) is 36.8 Å². The van der Waals surface area contributed by atoms with Crippen molar-refractivity contribution < 1.29 is 5.11 Å². The summed E-state index contributed by atoms with van der Waals surface area (Å²) in [5.41, 5.74) is 5.52. The van der Waals surface area contributed by atoms with Gasteiger partial charge in [0.2, 0.25) is 0 Å². The number of thioether (sulfide) groups is 1. The van der Waals surface area contributed by atoms with Crippen LogP contribution < -0.4 is 5.73 Å². The van der Waals surface area contributed by atoms with Crippen molar-refractivity contribution in [1.29, 1.82) is 0 Å². The van der Waals surface area contributed by atoms with E-state index in [1.165, 1.54) is 0 Å². The lowest BCUT2D eigenvalue weighted by Crippen LogP contribution is -2.27. The van der Waals surface area contributed by atoms with Crippen LogP contribution in [0, 0.1) is 5.92 Å². The van der Waals surface area contributed by atoms with Gasteiger partial charge >= 0.3 is 0 Å². The first-order chi connectivity index (χ1) is 5.76. The van der Waals surface area contributed by atoms with E-state index >= 15 is 0 Å². The van der Waals surface area contributed by atoms with Crippen LogP contribution in [0.2, 0.25) is 0 Å². The molecule has 0 aliphatic rings. The minimum Gasteiger partial charge on any atom is -0.393 e. The van der Waals surface area contributed by atoms with Gasteiger partial charge in [-0.15, -0.1) is 0 Å². The molecule has 0 aromatic heterocycles. The van der Waals surface area contributed by atoms with Gasteiger partial charge in [-0.3, -0.25) is 0 Å². The van der Waals surface area contributed by atoms with Crippen molar-refractivity contribution in [1.82, 2.24) is 0 Å². The Balaban J connectivity index is 3.47. The van der Waals surface area contributed by atoms with Crippen LogP contribution >= 0.6 is 11.8 Å². The molecule has 0 bridgehead atoms. The molecule has 0 rings (SSSR count). The Labute approximate surface area is 79.9 Å². The van der Waals surface area contributed by atoms with Gasteiger partial charge in [-0.2, -0.15) is 11.8 Å². The monoisotopic (exact) mass is 191 g/mol. The zero-order chi connectivity index (χ0) is 9.40. The van der Waals surface area contributed by atoms with Crippen LogP contribution in [-0.4, -0.2) is 29.3 Å². The molecule has 0 aromatic carbocycles. The van der Waals surface area contributed by atoms with Gasteiger partial charge in [0, 0.05) is 0 Å². The third kappa shape index (κ3) is 5.01. The Morgan fingerprint density at radius 2 is 2.08 bits per heavy atom. The van der Waals surface area contributed by atoms with Gasteiger partial charge in [0.15, 0.2) is 0 Å². The molecule has 0 aliphatic heterocycles. The summed E-state index contributed by atoms with van der Waals surface area (Å²) in [6, 6.07) is 0. The van der Waals surface area contributed by atoms with Crippen LogP contribution in [0.15, 0.2) is 0 Å². The van der Waals surface area contributed by atoms with Crippen molar-refractivity contribution in [2.45, 2.75) is 32.8 Å². The summed E-state index contributed by atoms with van der Waals surface area (Å²) in [6.07, 6.45) is 1.67. The third-order valence-corrected chi connectivity index (χ3v) is 3.07. The van der Waals surface area contributed by atoms with Crippen LogP contribution in [0.25, 0.3) is 0 Å². The highest BCUT2D eigenvalue weighted by Crippen LogP contribution is 2.13. The van der Waals surface area contributed by atoms with Gasteiger partial charge in [-0.25, -0.2) is 0 Å². The molecular weight excluding hydrogens is 170 g/mol. The van der Waals surface area contributed by atoms with E-state index in [1.54, 1.807) is 0 Å². The molecule has 0 aliphatic carbocycles. The van der Waals surface area contributed by atoms with E-state index in [2.05, 4.69) is 13.8 Å². The Morgan fingerprint density at radius 3 is 2.50 bits per heavy atom. The highest BCUT2D eigenvalue weighted by molar-refractivity contribution is 7.99. The van der Waals surface area contributed by atoms with Crippen LogP contribution in [0.5, 0.6) is 0 Å². The molecule has 0 fully saturated rings. The van der Waals surface area contributed by atoms with E-state index < -0.39 is 0 Å². The lowest BCUT2D eigenvalue weighted by molar-refractivity contribution is 0.106. The Bertz CT molecular complexity index is 96.5. The molecule has 0 radical (unpaired) electrons. The maximum absolute atomic E-state index is 9.64. The fourth-order valence-corrected chi connectivity index (χ4v) is 1.88. The molecule has 0 aromatic rings. The smallest absolute Gasteiger partial charge is 0.0588 e. The summed E-state index contributed by atoms with van der Waals surface area (Å²) in [6.45, 7) is 4.82. The van der Waals surface area contributed by atoms with Crippen LogP contribution in [0.3, 0.4) is 0 Å². The number of nitrogens with two attached hydrogens (primary N) is 1. The normalized spacial score (nSPS) is 16.0. The van der Waals surface area contributed by atoms with Crippen LogP contribution in [-0.2, 0) is 0 Å². The SMILES string of the molecule is CCSCCC(O)C(CC)CN. The van der Waals surface area contributed by atoms with E-state index in [0.717, 1.165) is 24.3 Å².